The molecule has 0 aromatic carbocycles. The summed E-state index contributed by atoms with van der Waals surface area (Å²) in [5.41, 5.74) is 0. The quantitative estimate of drug-likeness (QED) is 0.399. The van der Waals surface area contributed by atoms with Crippen LogP contribution >= 0.6 is 0 Å². The summed E-state index contributed by atoms with van der Waals surface area (Å²) in [6.45, 7) is 0. The maximum Gasteiger partial charge on any atom is 2.00 e. The second kappa shape index (κ2) is 5.77. The van der Waals surface area contributed by atoms with Crippen molar-refractivity contribution < 1.29 is 10.0 Å². The summed E-state index contributed by atoms with van der Waals surface area (Å²) in [6.07, 6.45) is 0. The third-order valence-corrected chi connectivity index (χ3v) is 0. The topological polar surface area (TPSA) is 63.2 Å². The van der Waals surface area contributed by atoms with Gasteiger partial charge in [0.15, 0.2) is 0 Å². The molecule has 0 amide bonds. The molecule has 0 fully saturated rings. The average molecular weight is 216 g/mol. The number of hydrogen-bond donors (Lipinski definition) is 0. The molecule has 0 aliphatic rings. The van der Waals surface area contributed by atoms with Crippen molar-refractivity contribution in [2.24, 2.45) is 0 Å². The molecule has 0 saturated carbocycles. The van der Waals surface area contributed by atoms with E-state index in [1.165, 1.54) is 0 Å². The van der Waals surface area contributed by atoms with E-state index < -0.39 is 20.4 Å². The van der Waals surface area contributed by atoms with Gasteiger partial charge in [0, 0.05) is 0 Å². The normalized spacial score (nSPS) is 7.00. The van der Waals surface area contributed by atoms with Gasteiger partial charge in [-0.3, -0.25) is 0 Å². The van der Waals surface area contributed by atoms with E-state index in [1.807, 2.05) is 0 Å². The van der Waals surface area contributed by atoms with Gasteiger partial charge >= 0.3 is 68.1 Å². The van der Waals surface area contributed by atoms with Crippen molar-refractivity contribution in [1.29, 1.82) is 0 Å². The van der Waals surface area contributed by atoms with E-state index in [0.717, 1.165) is 0 Å². The second-order valence-electron chi connectivity index (χ2n) is 0.204. The number of rotatable bonds is 0. The van der Waals surface area contributed by atoms with Crippen LogP contribution in [0.3, 0.4) is 0 Å². The SMILES string of the molecule is O=[Te]([O-])[O-].[Ca+2]. The first kappa shape index (κ1) is 9.91. The molecule has 26 valence electrons. The van der Waals surface area contributed by atoms with Gasteiger partial charge in [-0.2, -0.15) is 0 Å². The van der Waals surface area contributed by atoms with Crippen molar-refractivity contribution in [3.63, 3.8) is 0 Å². The van der Waals surface area contributed by atoms with Crippen molar-refractivity contribution in [3.8, 4) is 0 Å². The molecule has 0 unspecified atom stereocenters. The summed E-state index contributed by atoms with van der Waals surface area (Å²) >= 11 is -4.11. The number of hydrogen-bond acceptors (Lipinski definition) is 3. The molecule has 0 aliphatic heterocycles. The van der Waals surface area contributed by atoms with Gasteiger partial charge in [0.2, 0.25) is 0 Å². The summed E-state index contributed by atoms with van der Waals surface area (Å²) < 4.78 is 25.8. The van der Waals surface area contributed by atoms with Crippen LogP contribution in [0.15, 0.2) is 0 Å². The van der Waals surface area contributed by atoms with Crippen molar-refractivity contribution in [2.75, 3.05) is 0 Å². The molecule has 0 aromatic rings. The Morgan fingerprint density at radius 2 is 1.40 bits per heavy atom. The fourth-order valence-electron chi connectivity index (χ4n) is 0. The zero-order valence-corrected chi connectivity index (χ0v) is 6.88. The van der Waals surface area contributed by atoms with Crippen LogP contribution in [0.4, 0.5) is 0 Å². The minimum atomic E-state index is -4.11. The minimum Gasteiger partial charge on any atom is 2.00 e. The van der Waals surface area contributed by atoms with Crippen LogP contribution in [-0.2, 0) is 3.10 Å². The zero-order chi connectivity index (χ0) is 3.58. The first-order valence-corrected chi connectivity index (χ1v) is 3.35. The molecule has 0 aromatic heterocycles. The third kappa shape index (κ3) is 26.2. The summed E-state index contributed by atoms with van der Waals surface area (Å²) in [5, 5.41) is 0. The van der Waals surface area contributed by atoms with Crippen LogP contribution in [0.5, 0.6) is 0 Å². The minimum absolute atomic E-state index is 0. The maximum absolute atomic E-state index is 8.59. The van der Waals surface area contributed by atoms with Crippen molar-refractivity contribution in [3.05, 3.63) is 0 Å². The van der Waals surface area contributed by atoms with E-state index in [1.54, 1.807) is 0 Å². The standard InChI is InChI=1S/Ca.H2O3Te/c;1-4(2)3/h;(H2,1,2,3)/q+2;/p-2. The van der Waals surface area contributed by atoms with Gasteiger partial charge < -0.3 is 0 Å². The molecule has 0 N–H and O–H groups in total. The Bertz CT molecular complexity index is 29.9. The van der Waals surface area contributed by atoms with Crippen LogP contribution in [0.1, 0.15) is 0 Å². The molecule has 0 atom stereocenters. The maximum atomic E-state index is 8.59. The molecule has 0 heterocycles. The first-order chi connectivity index (χ1) is 1.73. The first-order valence-electron chi connectivity index (χ1n) is 0.500. The van der Waals surface area contributed by atoms with Gasteiger partial charge in [0.05, 0.1) is 0 Å². The Morgan fingerprint density at radius 1 is 1.40 bits per heavy atom. The van der Waals surface area contributed by atoms with Gasteiger partial charge in [0.1, 0.15) is 0 Å². The fourth-order valence-corrected chi connectivity index (χ4v) is 0. The van der Waals surface area contributed by atoms with E-state index in [2.05, 4.69) is 0 Å². The molecule has 0 spiro atoms. The molecule has 0 rings (SSSR count). The van der Waals surface area contributed by atoms with Gasteiger partial charge in [-0.05, 0) is 0 Å². The monoisotopic (exact) mass is 218 g/mol. The van der Waals surface area contributed by atoms with Crippen LogP contribution in [0, 0.1) is 0 Å². The predicted octanol–water partition coefficient (Wildman–Crippen LogP) is -3.26. The van der Waals surface area contributed by atoms with Gasteiger partial charge in [-0.15, -0.1) is 0 Å². The van der Waals surface area contributed by atoms with Crippen LogP contribution in [0.25, 0.3) is 0 Å². The van der Waals surface area contributed by atoms with E-state index in [-0.39, 0.29) is 37.7 Å². The zero-order valence-electron chi connectivity index (χ0n) is 2.34. The summed E-state index contributed by atoms with van der Waals surface area (Å²) in [4.78, 5) is 0. The molecule has 5 heavy (non-hydrogen) atoms. The largest absolute Gasteiger partial charge is 2.00 e. The average Bonchev–Trinajstić information content (AvgIpc) is 0.811. The Labute approximate surface area is 67.1 Å². The van der Waals surface area contributed by atoms with E-state index >= 15 is 0 Å². The van der Waals surface area contributed by atoms with Crippen molar-refractivity contribution >= 4 is 58.1 Å². The molecule has 3 nitrogen and oxygen atoms in total. The molecule has 0 bridgehead atoms. The smallest absolute Gasteiger partial charge is 2.00 e. The Hall–Kier alpha value is 1.77. The molecule has 0 aliphatic carbocycles. The third-order valence-electron chi connectivity index (χ3n) is 0. The van der Waals surface area contributed by atoms with E-state index in [4.69, 9.17) is 10.0 Å². The second-order valence-corrected chi connectivity index (χ2v) is 1.37. The van der Waals surface area contributed by atoms with Crippen LogP contribution in [0.2, 0.25) is 0 Å². The molecule has 0 radical (unpaired) electrons. The van der Waals surface area contributed by atoms with Gasteiger partial charge in [-0.25, -0.2) is 0 Å². The summed E-state index contributed by atoms with van der Waals surface area (Å²) in [6, 6.07) is 0. The molecule has 5 heteroatoms. The Morgan fingerprint density at radius 3 is 1.40 bits per heavy atom. The molecule has 0 saturated heterocycles. The van der Waals surface area contributed by atoms with E-state index in [0.29, 0.717) is 0 Å². The van der Waals surface area contributed by atoms with E-state index in [9.17, 15) is 0 Å². The predicted molar refractivity (Wildman–Crippen MR) is 12.2 cm³/mol. The molecular weight excluding hydrogens is 216 g/mol. The Balaban J connectivity index is 0. The van der Waals surface area contributed by atoms with Crippen molar-refractivity contribution in [2.45, 2.75) is 0 Å². The molecular formula is CaO3Te. The van der Waals surface area contributed by atoms with Crippen LogP contribution < -0.4 is 6.94 Å². The van der Waals surface area contributed by atoms with Gasteiger partial charge in [-0.1, -0.05) is 0 Å². The van der Waals surface area contributed by atoms with Gasteiger partial charge in [0.25, 0.3) is 0 Å². The fraction of sp³-hybridized carbons (Fsp3) is 0. The Kier molecular flexibility index (Phi) is 11.4. The summed E-state index contributed by atoms with van der Waals surface area (Å²) in [7, 11) is 0. The van der Waals surface area contributed by atoms with Crippen molar-refractivity contribution in [1.82, 2.24) is 0 Å². The van der Waals surface area contributed by atoms with Crippen LogP contribution in [-0.4, -0.2) is 58.1 Å². The summed E-state index contributed by atoms with van der Waals surface area (Å²) in [5.74, 6) is 0.